The molecule has 0 atom stereocenters. The van der Waals surface area contributed by atoms with Crippen molar-refractivity contribution >= 4 is 55.0 Å². The maximum Gasteiger partial charge on any atom is 0.255 e. The van der Waals surface area contributed by atoms with Crippen molar-refractivity contribution in [2.75, 3.05) is 4.72 Å². The maximum absolute atomic E-state index is 13.2. The van der Waals surface area contributed by atoms with E-state index in [0.29, 0.717) is 16.7 Å². The van der Waals surface area contributed by atoms with Crippen LogP contribution in [0.3, 0.4) is 0 Å². The fourth-order valence-electron chi connectivity index (χ4n) is 1.79. The zero-order valence-electron chi connectivity index (χ0n) is 12.3. The first-order chi connectivity index (χ1) is 11.5. The van der Waals surface area contributed by atoms with Gasteiger partial charge < -0.3 is 0 Å². The molecule has 2 aromatic carbocycles. The van der Waals surface area contributed by atoms with Gasteiger partial charge in [-0.3, -0.25) is 4.72 Å². The van der Waals surface area contributed by atoms with Crippen LogP contribution >= 0.6 is 23.2 Å². The molecule has 25 heavy (non-hydrogen) atoms. The summed E-state index contributed by atoms with van der Waals surface area (Å²) in [5, 5.41) is 6.31. The molecule has 0 aromatic heterocycles. The van der Waals surface area contributed by atoms with Crippen LogP contribution in [0.5, 0.6) is 0 Å². The Labute approximate surface area is 154 Å². The number of halogens is 3. The largest absolute Gasteiger partial charge is 0.279 e. The average Bonchev–Trinajstić information content (AvgIpc) is 2.49. The van der Waals surface area contributed by atoms with E-state index in [9.17, 15) is 21.2 Å². The smallest absolute Gasteiger partial charge is 0.255 e. The molecule has 0 fully saturated rings. The summed E-state index contributed by atoms with van der Waals surface area (Å²) in [7, 11) is -8.43. The lowest BCUT2D eigenvalue weighted by atomic mass is 10.2. The molecule has 2 rings (SSSR count). The molecule has 0 aliphatic heterocycles. The minimum Gasteiger partial charge on any atom is -0.279 e. The third-order valence-corrected chi connectivity index (χ3v) is 5.57. The second-order valence-electron chi connectivity index (χ2n) is 4.81. The van der Waals surface area contributed by atoms with Gasteiger partial charge in [0.1, 0.15) is 10.7 Å². The maximum atomic E-state index is 13.2. The fourth-order valence-corrected chi connectivity index (χ4v) is 3.75. The number of anilines is 1. The summed E-state index contributed by atoms with van der Waals surface area (Å²) in [5.74, 6) is -0.877. The first-order valence-electron chi connectivity index (χ1n) is 6.46. The summed E-state index contributed by atoms with van der Waals surface area (Å²) in [5.41, 5.74) is 0.0771. The van der Waals surface area contributed by atoms with Gasteiger partial charge in [-0.1, -0.05) is 29.3 Å². The second kappa shape index (κ2) is 7.30. The fraction of sp³-hybridized carbons (Fsp3) is 0. The summed E-state index contributed by atoms with van der Waals surface area (Å²) in [6, 6.07) is 6.95. The van der Waals surface area contributed by atoms with Crippen molar-refractivity contribution in [1.29, 1.82) is 0 Å². The molecule has 3 N–H and O–H groups in total. The third-order valence-electron chi connectivity index (χ3n) is 2.89. The van der Waals surface area contributed by atoms with Crippen LogP contribution in [0.4, 0.5) is 10.1 Å². The first-order valence-corrected chi connectivity index (χ1v) is 10.3. The predicted octanol–water partition coefficient (Wildman–Crippen LogP) is 3.19. The SMILES string of the molecule is NS(=O)(=O)c1cc(F)ccc1NS(=O)(=O)/C=C/c1ccc(Cl)c(Cl)c1. The molecule has 6 nitrogen and oxygen atoms in total. The number of benzene rings is 2. The molecule has 0 saturated carbocycles. The molecule has 0 aliphatic rings. The summed E-state index contributed by atoms with van der Waals surface area (Å²) >= 11 is 11.6. The van der Waals surface area contributed by atoms with Gasteiger partial charge in [0.05, 0.1) is 21.1 Å². The van der Waals surface area contributed by atoms with E-state index in [1.54, 1.807) is 0 Å². The van der Waals surface area contributed by atoms with Crippen molar-refractivity contribution in [3.05, 3.63) is 63.2 Å². The summed E-state index contributed by atoms with van der Waals surface area (Å²) in [6.07, 6.45) is 1.23. The van der Waals surface area contributed by atoms with Crippen molar-refractivity contribution in [1.82, 2.24) is 0 Å². The molecule has 0 spiro atoms. The van der Waals surface area contributed by atoms with Gasteiger partial charge in [0.2, 0.25) is 10.0 Å². The van der Waals surface area contributed by atoms with Crippen molar-refractivity contribution < 1.29 is 21.2 Å². The minimum atomic E-state index is -4.33. The van der Waals surface area contributed by atoms with Crippen LogP contribution < -0.4 is 9.86 Å². The highest BCUT2D eigenvalue weighted by atomic mass is 35.5. The van der Waals surface area contributed by atoms with Gasteiger partial charge >= 0.3 is 0 Å². The topological polar surface area (TPSA) is 106 Å². The number of rotatable bonds is 5. The Morgan fingerprint density at radius 1 is 1.00 bits per heavy atom. The molecule has 11 heteroatoms. The van der Waals surface area contributed by atoms with E-state index in [4.69, 9.17) is 28.3 Å². The minimum absolute atomic E-state index is 0.240. The van der Waals surface area contributed by atoms with Gasteiger partial charge in [-0.25, -0.2) is 26.4 Å². The number of hydrogen-bond donors (Lipinski definition) is 2. The highest BCUT2D eigenvalue weighted by molar-refractivity contribution is 7.95. The first kappa shape index (κ1) is 19.7. The highest BCUT2D eigenvalue weighted by Gasteiger charge is 2.18. The lowest BCUT2D eigenvalue weighted by Crippen LogP contribution is -2.17. The molecule has 134 valence electrons. The van der Waals surface area contributed by atoms with E-state index in [-0.39, 0.29) is 10.7 Å². The lowest BCUT2D eigenvalue weighted by molar-refractivity contribution is 0.593. The lowest BCUT2D eigenvalue weighted by Gasteiger charge is -2.09. The van der Waals surface area contributed by atoms with E-state index in [1.807, 2.05) is 4.72 Å². The molecule has 0 heterocycles. The Morgan fingerprint density at radius 3 is 2.28 bits per heavy atom. The summed E-state index contributed by atoms with van der Waals surface area (Å²) in [6.45, 7) is 0. The van der Waals surface area contributed by atoms with E-state index >= 15 is 0 Å². The van der Waals surface area contributed by atoms with Crippen LogP contribution in [0.15, 0.2) is 46.7 Å². The molecule has 0 aliphatic carbocycles. The normalized spacial score (nSPS) is 12.5. The van der Waals surface area contributed by atoms with Crippen molar-refractivity contribution in [2.24, 2.45) is 5.14 Å². The Hall–Kier alpha value is -1.65. The Balaban J connectivity index is 2.33. The molecule has 0 radical (unpaired) electrons. The molecule has 0 unspecified atom stereocenters. The average molecular weight is 425 g/mol. The predicted molar refractivity (Wildman–Crippen MR) is 95.8 cm³/mol. The van der Waals surface area contributed by atoms with Gasteiger partial charge in [-0.05, 0) is 42.0 Å². The van der Waals surface area contributed by atoms with Crippen LogP contribution in [0.25, 0.3) is 6.08 Å². The van der Waals surface area contributed by atoms with Gasteiger partial charge in [0, 0.05) is 0 Å². The van der Waals surface area contributed by atoms with E-state index < -0.39 is 30.8 Å². The zero-order valence-corrected chi connectivity index (χ0v) is 15.4. The third kappa shape index (κ3) is 5.41. The van der Waals surface area contributed by atoms with Crippen LogP contribution in [-0.4, -0.2) is 16.8 Å². The molecule has 0 amide bonds. The van der Waals surface area contributed by atoms with Crippen LogP contribution in [0.1, 0.15) is 5.56 Å². The van der Waals surface area contributed by atoms with Crippen molar-refractivity contribution in [3.63, 3.8) is 0 Å². The standard InChI is InChI=1S/C14H11Cl2FN2O4S2/c15-11-3-1-9(7-12(11)16)5-6-24(20,21)19-13-4-2-10(17)8-14(13)25(18,22)23/h1-8,19H,(H2,18,22,23)/b6-5+. The van der Waals surface area contributed by atoms with E-state index in [0.717, 1.165) is 17.5 Å². The number of hydrogen-bond acceptors (Lipinski definition) is 4. The number of nitrogens with one attached hydrogen (secondary N) is 1. The Bertz CT molecular complexity index is 1050. The Morgan fingerprint density at radius 2 is 1.68 bits per heavy atom. The Kier molecular flexibility index (Phi) is 5.75. The zero-order chi connectivity index (χ0) is 18.8. The van der Waals surface area contributed by atoms with Gasteiger partial charge in [-0.2, -0.15) is 0 Å². The summed E-state index contributed by atoms with van der Waals surface area (Å²) < 4.78 is 62.4. The van der Waals surface area contributed by atoms with Gasteiger partial charge in [0.25, 0.3) is 10.0 Å². The van der Waals surface area contributed by atoms with Gasteiger partial charge in [0.15, 0.2) is 0 Å². The van der Waals surface area contributed by atoms with E-state index in [1.165, 1.54) is 24.3 Å². The number of primary sulfonamides is 1. The number of nitrogens with two attached hydrogens (primary N) is 1. The van der Waals surface area contributed by atoms with Crippen LogP contribution in [0, 0.1) is 5.82 Å². The molecular weight excluding hydrogens is 414 g/mol. The highest BCUT2D eigenvalue weighted by Crippen LogP contribution is 2.24. The molecular formula is C14H11Cl2FN2O4S2. The van der Waals surface area contributed by atoms with E-state index in [2.05, 4.69) is 0 Å². The number of sulfonamides is 2. The van der Waals surface area contributed by atoms with Crippen LogP contribution in [-0.2, 0) is 20.0 Å². The van der Waals surface area contributed by atoms with Crippen molar-refractivity contribution in [2.45, 2.75) is 4.90 Å². The molecule has 2 aromatic rings. The monoisotopic (exact) mass is 424 g/mol. The van der Waals surface area contributed by atoms with Crippen LogP contribution in [0.2, 0.25) is 10.0 Å². The van der Waals surface area contributed by atoms with Gasteiger partial charge in [-0.15, -0.1) is 0 Å². The molecule has 0 bridgehead atoms. The second-order valence-corrected chi connectivity index (χ2v) is 8.72. The summed E-state index contributed by atoms with van der Waals surface area (Å²) in [4.78, 5) is -0.681. The molecule has 0 saturated heterocycles. The van der Waals surface area contributed by atoms with Crippen molar-refractivity contribution in [3.8, 4) is 0 Å². The quantitative estimate of drug-likeness (QED) is 0.767.